The highest BCUT2D eigenvalue weighted by Gasteiger charge is 2.10. The van der Waals surface area contributed by atoms with E-state index in [1.807, 2.05) is 35.9 Å². The van der Waals surface area contributed by atoms with E-state index in [-0.39, 0.29) is 24.5 Å². The Morgan fingerprint density at radius 3 is 2.50 bits per heavy atom. The number of carbonyl (C=O) groups is 2. The molecule has 3 rings (SSSR count). The van der Waals surface area contributed by atoms with Gasteiger partial charge in [-0.1, -0.05) is 11.6 Å². The molecule has 0 fully saturated rings. The third-order valence-corrected chi connectivity index (χ3v) is 3.99. The zero-order chi connectivity index (χ0) is 18.7. The van der Waals surface area contributed by atoms with Crippen molar-refractivity contribution < 1.29 is 14.3 Å². The zero-order valence-electron chi connectivity index (χ0n) is 15.2. The Hall–Kier alpha value is -3.08. The Labute approximate surface area is 152 Å². The lowest BCUT2D eigenvalue weighted by Gasteiger charge is -2.10. The number of carbonyl (C=O) groups excluding carboxylic acids is 2. The van der Waals surface area contributed by atoms with Crippen molar-refractivity contribution in [2.75, 3.05) is 5.32 Å². The largest absolute Gasteiger partial charge is 0.459 e. The van der Waals surface area contributed by atoms with Crippen LogP contribution in [0.5, 0.6) is 0 Å². The SMILES string of the molecule is Cc1ccc2c(ccn2CC(=O)Nc2ccc(C(=O)OC(C)C)cc2)c1. The number of rotatable bonds is 5. The van der Waals surface area contributed by atoms with Crippen molar-refractivity contribution in [3.8, 4) is 0 Å². The molecule has 1 aromatic heterocycles. The molecule has 0 unspecified atom stereocenters. The van der Waals surface area contributed by atoms with Crippen molar-refractivity contribution in [2.45, 2.75) is 33.4 Å². The summed E-state index contributed by atoms with van der Waals surface area (Å²) in [5.41, 5.74) is 3.32. The summed E-state index contributed by atoms with van der Waals surface area (Å²) in [6, 6.07) is 14.8. The summed E-state index contributed by atoms with van der Waals surface area (Å²) < 4.78 is 7.06. The van der Waals surface area contributed by atoms with Crippen LogP contribution in [0.4, 0.5) is 5.69 Å². The number of hydrogen-bond acceptors (Lipinski definition) is 3. The third-order valence-electron chi connectivity index (χ3n) is 3.99. The van der Waals surface area contributed by atoms with Gasteiger partial charge in [0.1, 0.15) is 6.54 Å². The highest BCUT2D eigenvalue weighted by molar-refractivity contribution is 5.94. The fraction of sp³-hybridized carbons (Fsp3) is 0.238. The molecule has 5 heteroatoms. The Morgan fingerprint density at radius 1 is 1.08 bits per heavy atom. The number of aryl methyl sites for hydroxylation is 1. The number of anilines is 1. The molecular weight excluding hydrogens is 328 g/mol. The minimum Gasteiger partial charge on any atom is -0.459 e. The lowest BCUT2D eigenvalue weighted by atomic mass is 10.2. The van der Waals surface area contributed by atoms with Crippen LogP contribution < -0.4 is 5.32 Å². The van der Waals surface area contributed by atoms with Crippen molar-refractivity contribution in [3.05, 3.63) is 65.9 Å². The number of amides is 1. The summed E-state index contributed by atoms with van der Waals surface area (Å²) in [6.45, 7) is 5.88. The second kappa shape index (κ2) is 7.44. The second-order valence-electron chi connectivity index (χ2n) is 6.59. The zero-order valence-corrected chi connectivity index (χ0v) is 15.2. The first kappa shape index (κ1) is 17.7. The average molecular weight is 350 g/mol. The van der Waals surface area contributed by atoms with E-state index in [0.29, 0.717) is 11.3 Å². The normalized spacial score (nSPS) is 10.9. The van der Waals surface area contributed by atoms with Gasteiger partial charge in [0.25, 0.3) is 0 Å². The van der Waals surface area contributed by atoms with Crippen LogP contribution in [0.15, 0.2) is 54.7 Å². The van der Waals surface area contributed by atoms with Crippen LogP contribution in [0.1, 0.15) is 29.8 Å². The topological polar surface area (TPSA) is 60.3 Å². The quantitative estimate of drug-likeness (QED) is 0.703. The van der Waals surface area contributed by atoms with Crippen molar-refractivity contribution >= 4 is 28.5 Å². The van der Waals surface area contributed by atoms with Crippen LogP contribution in [0.3, 0.4) is 0 Å². The van der Waals surface area contributed by atoms with Gasteiger partial charge in [-0.25, -0.2) is 4.79 Å². The molecule has 1 heterocycles. The summed E-state index contributed by atoms with van der Waals surface area (Å²) >= 11 is 0. The Bertz CT molecular complexity index is 940. The van der Waals surface area contributed by atoms with Crippen LogP contribution in [0, 0.1) is 6.92 Å². The van der Waals surface area contributed by atoms with Crippen molar-refractivity contribution in [1.29, 1.82) is 0 Å². The first-order chi connectivity index (χ1) is 12.4. The van der Waals surface area contributed by atoms with Gasteiger partial charge in [0.2, 0.25) is 5.91 Å². The van der Waals surface area contributed by atoms with E-state index in [4.69, 9.17) is 4.74 Å². The Kier molecular flexibility index (Phi) is 5.07. The molecule has 1 amide bonds. The number of hydrogen-bond donors (Lipinski definition) is 1. The van der Waals surface area contributed by atoms with E-state index in [1.54, 1.807) is 38.1 Å². The number of aromatic nitrogens is 1. The lowest BCUT2D eigenvalue weighted by Crippen LogP contribution is -2.18. The van der Waals surface area contributed by atoms with Gasteiger partial charge in [-0.05, 0) is 68.6 Å². The van der Waals surface area contributed by atoms with Crippen molar-refractivity contribution in [1.82, 2.24) is 4.57 Å². The molecule has 0 aliphatic heterocycles. The van der Waals surface area contributed by atoms with E-state index in [1.165, 1.54) is 5.56 Å². The molecular formula is C21H22N2O3. The molecule has 0 saturated heterocycles. The van der Waals surface area contributed by atoms with Crippen LogP contribution >= 0.6 is 0 Å². The summed E-state index contributed by atoms with van der Waals surface area (Å²) in [4.78, 5) is 24.2. The van der Waals surface area contributed by atoms with E-state index < -0.39 is 0 Å². The van der Waals surface area contributed by atoms with Crippen molar-refractivity contribution in [3.63, 3.8) is 0 Å². The third kappa shape index (κ3) is 4.11. The molecule has 3 aromatic rings. The number of nitrogens with one attached hydrogen (secondary N) is 1. The summed E-state index contributed by atoms with van der Waals surface area (Å²) in [7, 11) is 0. The monoisotopic (exact) mass is 350 g/mol. The van der Waals surface area contributed by atoms with Crippen molar-refractivity contribution in [2.24, 2.45) is 0 Å². The molecule has 5 nitrogen and oxygen atoms in total. The lowest BCUT2D eigenvalue weighted by molar-refractivity contribution is -0.116. The smallest absolute Gasteiger partial charge is 0.338 e. The van der Waals surface area contributed by atoms with Gasteiger partial charge in [-0.2, -0.15) is 0 Å². The molecule has 2 aromatic carbocycles. The van der Waals surface area contributed by atoms with E-state index in [9.17, 15) is 9.59 Å². The molecule has 0 atom stereocenters. The minimum atomic E-state index is -0.369. The maximum atomic E-state index is 12.3. The maximum Gasteiger partial charge on any atom is 0.338 e. The molecule has 0 aliphatic rings. The fourth-order valence-electron chi connectivity index (χ4n) is 2.78. The van der Waals surface area contributed by atoms with Gasteiger partial charge in [-0.15, -0.1) is 0 Å². The van der Waals surface area contributed by atoms with Crippen LogP contribution in [-0.2, 0) is 16.1 Å². The van der Waals surface area contributed by atoms with Gasteiger partial charge in [0.05, 0.1) is 11.7 Å². The number of esters is 1. The molecule has 134 valence electrons. The van der Waals surface area contributed by atoms with Gasteiger partial charge < -0.3 is 14.6 Å². The molecule has 0 spiro atoms. The van der Waals surface area contributed by atoms with Crippen LogP contribution in [0.25, 0.3) is 10.9 Å². The number of fused-ring (bicyclic) bond motifs is 1. The minimum absolute atomic E-state index is 0.124. The molecule has 0 aliphatic carbocycles. The van der Waals surface area contributed by atoms with E-state index >= 15 is 0 Å². The predicted octanol–water partition coefficient (Wildman–Crippen LogP) is 4.15. The molecule has 1 N–H and O–H groups in total. The van der Waals surface area contributed by atoms with Crippen LogP contribution in [-0.4, -0.2) is 22.5 Å². The van der Waals surface area contributed by atoms with E-state index in [0.717, 1.165) is 10.9 Å². The van der Waals surface area contributed by atoms with Gasteiger partial charge in [0.15, 0.2) is 0 Å². The molecule has 0 saturated carbocycles. The summed E-state index contributed by atoms with van der Waals surface area (Å²) in [6.07, 6.45) is 1.75. The fourth-order valence-corrected chi connectivity index (χ4v) is 2.78. The number of ether oxygens (including phenoxy) is 1. The predicted molar refractivity (Wildman–Crippen MR) is 102 cm³/mol. The summed E-state index contributed by atoms with van der Waals surface area (Å²) in [5, 5.41) is 3.97. The highest BCUT2D eigenvalue weighted by Crippen LogP contribution is 2.18. The standard InChI is InChI=1S/C21H22N2O3/c1-14(2)26-21(25)16-5-7-18(8-6-16)22-20(24)13-23-11-10-17-12-15(3)4-9-19(17)23/h4-12,14H,13H2,1-3H3,(H,22,24). The average Bonchev–Trinajstić information content (AvgIpc) is 2.96. The maximum absolute atomic E-state index is 12.3. The Balaban J connectivity index is 1.65. The van der Waals surface area contributed by atoms with Gasteiger partial charge >= 0.3 is 5.97 Å². The first-order valence-electron chi connectivity index (χ1n) is 8.59. The van der Waals surface area contributed by atoms with Gasteiger partial charge in [-0.3, -0.25) is 4.79 Å². The second-order valence-corrected chi connectivity index (χ2v) is 6.59. The number of benzene rings is 2. The van der Waals surface area contributed by atoms with Crippen LogP contribution in [0.2, 0.25) is 0 Å². The van der Waals surface area contributed by atoms with E-state index in [2.05, 4.69) is 11.4 Å². The highest BCUT2D eigenvalue weighted by atomic mass is 16.5. The molecule has 26 heavy (non-hydrogen) atoms. The first-order valence-corrected chi connectivity index (χ1v) is 8.59. The summed E-state index contributed by atoms with van der Waals surface area (Å²) in [5.74, 6) is -0.493. The molecule has 0 bridgehead atoms. The molecule has 0 radical (unpaired) electrons. The number of nitrogens with zero attached hydrogens (tertiary/aromatic N) is 1. The Morgan fingerprint density at radius 2 is 1.81 bits per heavy atom. The van der Waals surface area contributed by atoms with Gasteiger partial charge in [0, 0.05) is 17.4 Å².